The topological polar surface area (TPSA) is 39.2 Å². The van der Waals surface area contributed by atoms with Gasteiger partial charge in [0.05, 0.1) is 24.6 Å². The molecule has 2 unspecified atom stereocenters. The number of carbonyl (C=O) groups excluding carboxylic acids is 1. The highest BCUT2D eigenvalue weighted by Crippen LogP contribution is 2.34. The Morgan fingerprint density at radius 3 is 2.38 bits per heavy atom. The third-order valence-corrected chi connectivity index (χ3v) is 6.61. The second kappa shape index (κ2) is 8.24. The molecule has 2 aromatic carbocycles. The van der Waals surface area contributed by atoms with Gasteiger partial charge in [0.25, 0.3) is 0 Å². The second-order valence-corrected chi connectivity index (χ2v) is 8.68. The predicted molar refractivity (Wildman–Crippen MR) is 115 cm³/mol. The Labute approximate surface area is 185 Å². The fourth-order valence-corrected chi connectivity index (χ4v) is 5.04. The highest BCUT2D eigenvalue weighted by molar-refractivity contribution is 6.01. The molecule has 2 aromatic rings. The van der Waals surface area contributed by atoms with Crippen LogP contribution in [0.25, 0.3) is 0 Å². The smallest absolute Gasteiger partial charge is 0.337 e. The van der Waals surface area contributed by atoms with E-state index in [-0.39, 0.29) is 24.4 Å². The molecule has 3 aliphatic rings. The lowest BCUT2D eigenvalue weighted by molar-refractivity contribution is -0.140. The number of hydrogen-bond donors (Lipinski definition) is 0. The van der Waals surface area contributed by atoms with Gasteiger partial charge in [-0.25, -0.2) is 0 Å². The lowest BCUT2D eigenvalue weighted by Gasteiger charge is -2.49. The molecule has 0 radical (unpaired) electrons. The van der Waals surface area contributed by atoms with Gasteiger partial charge in [-0.05, 0) is 29.7 Å². The SMILES string of the molecule is O=C1C2CN(Cc3ccccc3)CCC2N2CCN=C2N1Cc1ccc(C(F)(F)F)cc1. The van der Waals surface area contributed by atoms with Gasteiger partial charge in [0.1, 0.15) is 0 Å². The molecule has 8 heteroatoms. The maximum atomic E-state index is 13.5. The van der Waals surface area contributed by atoms with Crippen molar-refractivity contribution in [3.63, 3.8) is 0 Å². The summed E-state index contributed by atoms with van der Waals surface area (Å²) in [6.07, 6.45) is -3.47. The fourth-order valence-electron chi connectivity index (χ4n) is 5.04. The molecule has 5 nitrogen and oxygen atoms in total. The Morgan fingerprint density at radius 2 is 1.66 bits per heavy atom. The van der Waals surface area contributed by atoms with E-state index >= 15 is 0 Å². The molecule has 3 aliphatic heterocycles. The molecular formula is C24H25F3N4O. The minimum atomic E-state index is -4.37. The minimum absolute atomic E-state index is 0.0181. The van der Waals surface area contributed by atoms with E-state index in [1.807, 2.05) is 18.2 Å². The fraction of sp³-hybridized carbons (Fsp3) is 0.417. The molecule has 0 saturated carbocycles. The van der Waals surface area contributed by atoms with E-state index in [4.69, 9.17) is 0 Å². The number of alkyl halides is 3. The van der Waals surface area contributed by atoms with Gasteiger partial charge in [0, 0.05) is 32.2 Å². The summed E-state index contributed by atoms with van der Waals surface area (Å²) in [7, 11) is 0. The van der Waals surface area contributed by atoms with Gasteiger partial charge in [-0.3, -0.25) is 19.6 Å². The van der Waals surface area contributed by atoms with Crippen molar-refractivity contribution >= 4 is 11.9 Å². The number of rotatable bonds is 4. The van der Waals surface area contributed by atoms with Crippen molar-refractivity contribution in [2.75, 3.05) is 26.2 Å². The third-order valence-electron chi connectivity index (χ3n) is 6.61. The molecule has 0 bridgehead atoms. The zero-order valence-corrected chi connectivity index (χ0v) is 17.6. The first-order valence-corrected chi connectivity index (χ1v) is 10.9. The summed E-state index contributed by atoms with van der Waals surface area (Å²) in [6.45, 7) is 4.05. The summed E-state index contributed by atoms with van der Waals surface area (Å²) in [6, 6.07) is 15.4. The van der Waals surface area contributed by atoms with Gasteiger partial charge < -0.3 is 4.90 Å². The van der Waals surface area contributed by atoms with Gasteiger partial charge in [-0.15, -0.1) is 0 Å². The number of carbonyl (C=O) groups is 1. The zero-order chi connectivity index (χ0) is 22.3. The first-order chi connectivity index (χ1) is 15.4. The Bertz CT molecular complexity index is 1010. The van der Waals surface area contributed by atoms with Crippen molar-refractivity contribution in [2.24, 2.45) is 10.9 Å². The Kier molecular flexibility index (Phi) is 5.41. The van der Waals surface area contributed by atoms with Crippen LogP contribution >= 0.6 is 0 Å². The number of amides is 1. The number of benzene rings is 2. The molecule has 168 valence electrons. The van der Waals surface area contributed by atoms with Gasteiger partial charge >= 0.3 is 6.18 Å². The number of halogens is 3. The van der Waals surface area contributed by atoms with Crippen LogP contribution in [0.4, 0.5) is 13.2 Å². The van der Waals surface area contributed by atoms with E-state index in [0.29, 0.717) is 24.6 Å². The normalized spacial score (nSPS) is 23.7. The van der Waals surface area contributed by atoms with Crippen LogP contribution in [0.2, 0.25) is 0 Å². The second-order valence-electron chi connectivity index (χ2n) is 8.68. The number of guanidine groups is 1. The van der Waals surface area contributed by atoms with Gasteiger partial charge in [-0.1, -0.05) is 42.5 Å². The molecule has 0 aromatic heterocycles. The molecule has 2 atom stereocenters. The van der Waals surface area contributed by atoms with Gasteiger partial charge in [0.15, 0.2) is 0 Å². The number of nitrogens with zero attached hydrogens (tertiary/aromatic N) is 4. The van der Waals surface area contributed by atoms with E-state index in [2.05, 4.69) is 26.9 Å². The predicted octanol–water partition coefficient (Wildman–Crippen LogP) is 3.61. The van der Waals surface area contributed by atoms with E-state index in [0.717, 1.165) is 38.2 Å². The van der Waals surface area contributed by atoms with Crippen molar-refractivity contribution in [2.45, 2.75) is 31.7 Å². The lowest BCUT2D eigenvalue weighted by Crippen LogP contribution is -2.65. The van der Waals surface area contributed by atoms with Crippen LogP contribution in [-0.4, -0.2) is 58.8 Å². The number of aliphatic imine (C=N–C) groups is 1. The standard InChI is InChI=1S/C24H25F3N4O/c25-24(26,27)19-8-6-18(7-9-19)15-31-22(32)20-16-29(14-17-4-2-1-3-5-17)12-10-21(20)30-13-11-28-23(30)31/h1-9,20-21H,10-16H2. The van der Waals surface area contributed by atoms with Gasteiger partial charge in [0.2, 0.25) is 11.9 Å². The molecule has 2 fully saturated rings. The molecule has 3 heterocycles. The monoisotopic (exact) mass is 442 g/mol. The molecule has 32 heavy (non-hydrogen) atoms. The highest BCUT2D eigenvalue weighted by atomic mass is 19.4. The number of likely N-dealkylation sites (tertiary alicyclic amines) is 1. The first-order valence-electron chi connectivity index (χ1n) is 10.9. The minimum Gasteiger partial charge on any atom is -0.337 e. The van der Waals surface area contributed by atoms with E-state index < -0.39 is 11.7 Å². The summed E-state index contributed by atoms with van der Waals surface area (Å²) in [5.41, 5.74) is 1.20. The lowest BCUT2D eigenvalue weighted by atomic mass is 9.87. The summed E-state index contributed by atoms with van der Waals surface area (Å²) in [4.78, 5) is 24.3. The van der Waals surface area contributed by atoms with Crippen molar-refractivity contribution in [3.8, 4) is 0 Å². The van der Waals surface area contributed by atoms with Crippen LogP contribution in [0.15, 0.2) is 59.6 Å². The van der Waals surface area contributed by atoms with Crippen LogP contribution in [0.5, 0.6) is 0 Å². The largest absolute Gasteiger partial charge is 0.416 e. The summed E-state index contributed by atoms with van der Waals surface area (Å²) in [5, 5.41) is 0. The van der Waals surface area contributed by atoms with Crippen LogP contribution in [0.3, 0.4) is 0 Å². The summed E-state index contributed by atoms with van der Waals surface area (Å²) < 4.78 is 38.7. The molecular weight excluding hydrogens is 417 g/mol. The Balaban J connectivity index is 1.34. The first kappa shape index (κ1) is 21.0. The number of fused-ring (bicyclic) bond motifs is 3. The van der Waals surface area contributed by atoms with Crippen LogP contribution in [-0.2, 0) is 24.1 Å². The van der Waals surface area contributed by atoms with Crippen molar-refractivity contribution in [3.05, 3.63) is 71.3 Å². The highest BCUT2D eigenvalue weighted by Gasteiger charge is 2.48. The average molecular weight is 442 g/mol. The zero-order valence-electron chi connectivity index (χ0n) is 17.6. The number of piperidine rings is 1. The van der Waals surface area contributed by atoms with E-state index in [1.54, 1.807) is 4.90 Å². The van der Waals surface area contributed by atoms with Crippen molar-refractivity contribution in [1.29, 1.82) is 0 Å². The Hall–Kier alpha value is -2.87. The molecule has 1 amide bonds. The molecule has 2 saturated heterocycles. The average Bonchev–Trinajstić information content (AvgIpc) is 3.27. The molecule has 0 N–H and O–H groups in total. The van der Waals surface area contributed by atoms with E-state index in [1.165, 1.54) is 17.7 Å². The van der Waals surface area contributed by atoms with Crippen LogP contribution in [0, 0.1) is 5.92 Å². The molecule has 0 spiro atoms. The number of hydrogen-bond acceptors (Lipinski definition) is 4. The van der Waals surface area contributed by atoms with E-state index in [9.17, 15) is 18.0 Å². The Morgan fingerprint density at radius 1 is 0.938 bits per heavy atom. The maximum Gasteiger partial charge on any atom is 0.416 e. The third kappa shape index (κ3) is 3.99. The van der Waals surface area contributed by atoms with Crippen LogP contribution < -0.4 is 0 Å². The van der Waals surface area contributed by atoms with Gasteiger partial charge in [-0.2, -0.15) is 13.2 Å². The molecule has 0 aliphatic carbocycles. The van der Waals surface area contributed by atoms with Crippen LogP contribution in [0.1, 0.15) is 23.1 Å². The summed E-state index contributed by atoms with van der Waals surface area (Å²) >= 11 is 0. The van der Waals surface area contributed by atoms with Crippen molar-refractivity contribution in [1.82, 2.24) is 14.7 Å². The van der Waals surface area contributed by atoms with Crippen molar-refractivity contribution < 1.29 is 18.0 Å². The maximum absolute atomic E-state index is 13.5. The quantitative estimate of drug-likeness (QED) is 0.726. The summed E-state index contributed by atoms with van der Waals surface area (Å²) in [5.74, 6) is 0.524. The molecule has 5 rings (SSSR count).